The van der Waals surface area contributed by atoms with Gasteiger partial charge in [0.15, 0.2) is 0 Å². The van der Waals surface area contributed by atoms with Crippen LogP contribution in [0.4, 0.5) is 11.5 Å². The molecule has 0 aromatic carbocycles. The number of morpholine rings is 1. The van der Waals surface area contributed by atoms with Crippen molar-refractivity contribution in [1.29, 1.82) is 0 Å². The molecule has 1 aliphatic carbocycles. The van der Waals surface area contributed by atoms with Crippen molar-refractivity contribution in [1.82, 2.24) is 25.0 Å². The Morgan fingerprint density at radius 2 is 2.17 bits per heavy atom. The minimum atomic E-state index is 0.176. The fraction of sp³-hybridized carbons (Fsp3) is 0.500. The van der Waals surface area contributed by atoms with E-state index in [0.29, 0.717) is 32.2 Å². The van der Waals surface area contributed by atoms with Crippen molar-refractivity contribution >= 4 is 28.4 Å². The number of hydrogen-bond donors (Lipinski definition) is 1. The van der Waals surface area contributed by atoms with Crippen LogP contribution in [-0.4, -0.2) is 62.7 Å². The van der Waals surface area contributed by atoms with Crippen molar-refractivity contribution in [2.45, 2.75) is 44.8 Å². The summed E-state index contributed by atoms with van der Waals surface area (Å²) in [5.41, 5.74) is 4.32. The van der Waals surface area contributed by atoms with Crippen molar-refractivity contribution in [3.05, 3.63) is 18.3 Å². The molecule has 2 aliphatic heterocycles. The highest BCUT2D eigenvalue weighted by Crippen LogP contribution is 2.42. The molecule has 1 saturated heterocycles. The molecule has 150 valence electrons. The van der Waals surface area contributed by atoms with Gasteiger partial charge >= 0.3 is 0 Å². The largest absolute Gasteiger partial charge is 0.377 e. The van der Waals surface area contributed by atoms with Gasteiger partial charge in [-0.25, -0.2) is 4.98 Å². The predicted molar refractivity (Wildman–Crippen MR) is 108 cm³/mol. The number of carbonyl (C=O) groups is 1. The van der Waals surface area contributed by atoms with E-state index in [-0.39, 0.29) is 11.9 Å². The molecule has 0 radical (unpaired) electrons. The summed E-state index contributed by atoms with van der Waals surface area (Å²) >= 11 is 0. The molecule has 6 rings (SSSR count). The van der Waals surface area contributed by atoms with Gasteiger partial charge in [-0.2, -0.15) is 10.2 Å². The van der Waals surface area contributed by atoms with Crippen LogP contribution in [0.15, 0.2) is 18.3 Å². The van der Waals surface area contributed by atoms with Crippen molar-refractivity contribution in [2.24, 2.45) is 0 Å². The van der Waals surface area contributed by atoms with Crippen molar-refractivity contribution in [3.63, 3.8) is 0 Å². The highest BCUT2D eigenvalue weighted by atomic mass is 16.5. The fourth-order valence-electron chi connectivity index (χ4n) is 4.47. The molecular formula is C20H23N7O2. The first kappa shape index (κ1) is 17.0. The Morgan fingerprint density at radius 3 is 2.93 bits per heavy atom. The van der Waals surface area contributed by atoms with Crippen LogP contribution in [0.1, 0.15) is 26.2 Å². The molecule has 1 amide bonds. The number of hydrogen-bond acceptors (Lipinski definition) is 6. The summed E-state index contributed by atoms with van der Waals surface area (Å²) in [6.07, 6.45) is 4.29. The van der Waals surface area contributed by atoms with Crippen molar-refractivity contribution in [3.8, 4) is 11.4 Å². The molecular weight excluding hydrogens is 370 g/mol. The van der Waals surface area contributed by atoms with Gasteiger partial charge in [0.2, 0.25) is 5.91 Å². The maximum Gasteiger partial charge on any atom is 0.229 e. The van der Waals surface area contributed by atoms with Crippen LogP contribution in [0.5, 0.6) is 0 Å². The third-order valence-electron chi connectivity index (χ3n) is 6.06. The van der Waals surface area contributed by atoms with Gasteiger partial charge in [-0.15, -0.1) is 0 Å². The number of rotatable bonds is 3. The molecule has 2 fully saturated rings. The van der Waals surface area contributed by atoms with Crippen LogP contribution >= 0.6 is 0 Å². The fourth-order valence-corrected chi connectivity index (χ4v) is 4.47. The lowest BCUT2D eigenvalue weighted by Gasteiger charge is -2.35. The molecule has 29 heavy (non-hydrogen) atoms. The minimum Gasteiger partial charge on any atom is -0.377 e. The second kappa shape index (κ2) is 6.28. The van der Waals surface area contributed by atoms with Gasteiger partial charge in [-0.05, 0) is 25.8 Å². The number of anilines is 2. The summed E-state index contributed by atoms with van der Waals surface area (Å²) in [5, 5.41) is 12.0. The molecule has 3 aromatic heterocycles. The molecule has 1 saturated carbocycles. The first-order chi connectivity index (χ1) is 14.2. The molecule has 5 heterocycles. The number of H-pyrrole nitrogens is 1. The average Bonchev–Trinajstić information content (AvgIpc) is 3.30. The highest BCUT2D eigenvalue weighted by molar-refractivity contribution is 6.07. The standard InChI is InChI=1S/C20H23N7O2/c1-12-11-29-9-8-25(12)16-10-15-20-19(22-16)18(14-4-6-21-23-14)24-26(20)7-5-17(28)27(15)13-2-3-13/h4,6,10,12-13H,2-3,5,7-9,11H2,1H3,(H,21,23)/t12-/m1/s1. The van der Waals surface area contributed by atoms with E-state index >= 15 is 0 Å². The lowest BCUT2D eigenvalue weighted by molar-refractivity contribution is -0.118. The van der Waals surface area contributed by atoms with Gasteiger partial charge in [-0.3, -0.25) is 14.6 Å². The van der Waals surface area contributed by atoms with E-state index in [1.165, 1.54) is 0 Å². The van der Waals surface area contributed by atoms with Gasteiger partial charge in [0.1, 0.15) is 22.5 Å². The highest BCUT2D eigenvalue weighted by Gasteiger charge is 2.38. The second-order valence-electron chi connectivity index (χ2n) is 8.10. The number of aromatic nitrogens is 5. The molecule has 1 atom stereocenters. The van der Waals surface area contributed by atoms with Crippen LogP contribution in [0.2, 0.25) is 0 Å². The number of nitrogens with one attached hydrogen (secondary N) is 1. The van der Waals surface area contributed by atoms with Gasteiger partial charge in [0.25, 0.3) is 0 Å². The Kier molecular flexibility index (Phi) is 3.67. The first-order valence-electron chi connectivity index (χ1n) is 10.3. The van der Waals surface area contributed by atoms with E-state index in [2.05, 4.69) is 28.1 Å². The number of carbonyl (C=O) groups excluding carboxylic acids is 1. The molecule has 3 aromatic rings. The van der Waals surface area contributed by atoms with E-state index in [4.69, 9.17) is 14.8 Å². The predicted octanol–water partition coefficient (Wildman–Crippen LogP) is 1.95. The van der Waals surface area contributed by atoms with E-state index in [0.717, 1.165) is 53.3 Å². The Hall–Kier alpha value is -2.94. The zero-order chi connectivity index (χ0) is 19.5. The number of amides is 1. The molecule has 3 aliphatic rings. The van der Waals surface area contributed by atoms with Crippen LogP contribution in [0.3, 0.4) is 0 Å². The number of aromatic amines is 1. The van der Waals surface area contributed by atoms with Crippen molar-refractivity contribution < 1.29 is 9.53 Å². The van der Waals surface area contributed by atoms with Crippen LogP contribution in [0.25, 0.3) is 22.4 Å². The van der Waals surface area contributed by atoms with Gasteiger partial charge in [-0.1, -0.05) is 0 Å². The molecule has 1 N–H and O–H groups in total. The number of pyridine rings is 1. The third-order valence-corrected chi connectivity index (χ3v) is 6.06. The summed E-state index contributed by atoms with van der Waals surface area (Å²) in [4.78, 5) is 22.3. The maximum atomic E-state index is 13.0. The molecule has 9 heteroatoms. The third kappa shape index (κ3) is 2.64. The first-order valence-corrected chi connectivity index (χ1v) is 10.3. The van der Waals surface area contributed by atoms with E-state index in [9.17, 15) is 4.79 Å². The maximum absolute atomic E-state index is 13.0. The summed E-state index contributed by atoms with van der Waals surface area (Å²) < 4.78 is 7.56. The van der Waals surface area contributed by atoms with Gasteiger partial charge in [0.05, 0.1) is 37.2 Å². The SMILES string of the molecule is C[C@@H]1COCCN1c1cc2c3c(n1)c(-c1ccn[nH]1)nn3CCC(=O)N2C1CC1. The smallest absolute Gasteiger partial charge is 0.229 e. The number of nitrogens with zero attached hydrogens (tertiary/aromatic N) is 6. The summed E-state index contributed by atoms with van der Waals surface area (Å²) in [6, 6.07) is 4.51. The number of ether oxygens (including phenoxy) is 1. The quantitative estimate of drug-likeness (QED) is 0.731. The lowest BCUT2D eigenvalue weighted by atomic mass is 10.2. The van der Waals surface area contributed by atoms with Gasteiger partial charge < -0.3 is 14.5 Å². The number of aryl methyl sites for hydroxylation is 1. The average molecular weight is 393 g/mol. The minimum absolute atomic E-state index is 0.176. The van der Waals surface area contributed by atoms with Gasteiger partial charge in [0, 0.05) is 31.3 Å². The van der Waals surface area contributed by atoms with Crippen LogP contribution in [0, 0.1) is 0 Å². The Balaban J connectivity index is 1.62. The molecule has 0 spiro atoms. The lowest BCUT2D eigenvalue weighted by Crippen LogP contribution is -2.44. The Bertz CT molecular complexity index is 1090. The summed E-state index contributed by atoms with van der Waals surface area (Å²) in [7, 11) is 0. The monoisotopic (exact) mass is 393 g/mol. The molecule has 9 nitrogen and oxygen atoms in total. The second-order valence-corrected chi connectivity index (χ2v) is 8.10. The van der Waals surface area contributed by atoms with Crippen LogP contribution in [-0.2, 0) is 16.1 Å². The summed E-state index contributed by atoms with van der Waals surface area (Å²) in [5.74, 6) is 1.05. The summed E-state index contributed by atoms with van der Waals surface area (Å²) in [6.45, 7) is 4.84. The zero-order valence-corrected chi connectivity index (χ0v) is 16.3. The zero-order valence-electron chi connectivity index (χ0n) is 16.3. The molecule has 0 bridgehead atoms. The topological polar surface area (TPSA) is 92.2 Å². The van der Waals surface area contributed by atoms with E-state index in [1.54, 1.807) is 6.20 Å². The van der Waals surface area contributed by atoms with Crippen LogP contribution < -0.4 is 9.80 Å². The van der Waals surface area contributed by atoms with Crippen molar-refractivity contribution in [2.75, 3.05) is 29.6 Å². The Labute approximate surface area is 167 Å². The van der Waals surface area contributed by atoms with E-state index in [1.807, 2.05) is 15.6 Å². The molecule has 0 unspecified atom stereocenters. The normalized spacial score (nSPS) is 22.4. The Morgan fingerprint density at radius 1 is 1.28 bits per heavy atom. The van der Waals surface area contributed by atoms with E-state index < -0.39 is 0 Å².